The zero-order chi connectivity index (χ0) is 13.1. The van der Waals surface area contributed by atoms with Crippen LogP contribution >= 0.6 is 0 Å². The van der Waals surface area contributed by atoms with Crippen LogP contribution in [0.25, 0.3) is 10.9 Å². The molecule has 2 aromatic rings. The molecule has 0 aliphatic carbocycles. The summed E-state index contributed by atoms with van der Waals surface area (Å²) in [4.78, 5) is 17.4. The Labute approximate surface area is 106 Å². The summed E-state index contributed by atoms with van der Waals surface area (Å²) in [5, 5.41) is 10.3. The predicted octanol–water partition coefficient (Wildman–Crippen LogP) is 1.86. The number of anilines is 1. The Hall–Kier alpha value is -1.94. The maximum Gasteiger partial charge on any atom is 0.153 e. The van der Waals surface area contributed by atoms with Gasteiger partial charge in [0, 0.05) is 19.0 Å². The lowest BCUT2D eigenvalue weighted by molar-refractivity contribution is 0.112. The van der Waals surface area contributed by atoms with E-state index in [4.69, 9.17) is 0 Å². The number of para-hydroxylation sites is 1. The van der Waals surface area contributed by atoms with Crippen molar-refractivity contribution >= 4 is 23.0 Å². The van der Waals surface area contributed by atoms with Crippen molar-refractivity contribution in [1.29, 1.82) is 0 Å². The molecule has 4 heteroatoms. The van der Waals surface area contributed by atoms with Crippen LogP contribution < -0.4 is 4.90 Å². The van der Waals surface area contributed by atoms with Gasteiger partial charge in [-0.1, -0.05) is 18.2 Å². The van der Waals surface area contributed by atoms with E-state index in [1.807, 2.05) is 37.4 Å². The second kappa shape index (κ2) is 5.14. The fourth-order valence-corrected chi connectivity index (χ4v) is 2.00. The molecule has 4 nitrogen and oxygen atoms in total. The van der Waals surface area contributed by atoms with Gasteiger partial charge in [0.05, 0.1) is 17.2 Å². The predicted molar refractivity (Wildman–Crippen MR) is 72.1 cm³/mol. The monoisotopic (exact) mass is 244 g/mol. The number of hydrogen-bond acceptors (Lipinski definition) is 4. The number of aromatic nitrogens is 1. The van der Waals surface area contributed by atoms with Gasteiger partial charge in [-0.2, -0.15) is 0 Å². The molecule has 2 rings (SSSR count). The van der Waals surface area contributed by atoms with E-state index in [9.17, 15) is 9.90 Å². The highest BCUT2D eigenvalue weighted by Crippen LogP contribution is 2.21. The van der Waals surface area contributed by atoms with Crippen LogP contribution in [0.1, 0.15) is 17.3 Å². The molecule has 18 heavy (non-hydrogen) atoms. The number of hydrogen-bond donors (Lipinski definition) is 1. The molecule has 0 radical (unpaired) electrons. The molecule has 0 fully saturated rings. The summed E-state index contributed by atoms with van der Waals surface area (Å²) in [5.41, 5.74) is 1.38. The number of rotatable bonds is 4. The molecule has 1 heterocycles. The lowest BCUT2D eigenvalue weighted by atomic mass is 10.1. The summed E-state index contributed by atoms with van der Waals surface area (Å²) >= 11 is 0. The van der Waals surface area contributed by atoms with Gasteiger partial charge in [0.15, 0.2) is 6.29 Å². The summed E-state index contributed by atoms with van der Waals surface area (Å²) in [5.74, 6) is 0.601. The Morgan fingerprint density at radius 3 is 2.83 bits per heavy atom. The molecule has 94 valence electrons. The zero-order valence-corrected chi connectivity index (χ0v) is 10.5. The highest BCUT2D eigenvalue weighted by atomic mass is 16.3. The van der Waals surface area contributed by atoms with Crippen LogP contribution in [0.2, 0.25) is 0 Å². The van der Waals surface area contributed by atoms with Gasteiger partial charge in [0.25, 0.3) is 0 Å². The summed E-state index contributed by atoms with van der Waals surface area (Å²) in [7, 11) is 1.82. The van der Waals surface area contributed by atoms with E-state index in [1.54, 1.807) is 11.8 Å². The van der Waals surface area contributed by atoms with E-state index in [2.05, 4.69) is 4.98 Å². The molecule has 0 amide bonds. The van der Waals surface area contributed by atoms with Gasteiger partial charge in [0.2, 0.25) is 0 Å². The van der Waals surface area contributed by atoms with Gasteiger partial charge in [-0.25, -0.2) is 4.98 Å². The Bertz CT molecular complexity index is 567. The summed E-state index contributed by atoms with van der Waals surface area (Å²) < 4.78 is 0. The zero-order valence-electron chi connectivity index (χ0n) is 10.5. The average molecular weight is 244 g/mol. The van der Waals surface area contributed by atoms with Crippen molar-refractivity contribution in [2.75, 3.05) is 18.5 Å². The smallest absolute Gasteiger partial charge is 0.153 e. The van der Waals surface area contributed by atoms with E-state index >= 15 is 0 Å². The number of carbonyl (C=O) groups excluding carboxylic acids is 1. The number of pyridine rings is 1. The van der Waals surface area contributed by atoms with Gasteiger partial charge in [-0.15, -0.1) is 0 Å². The van der Waals surface area contributed by atoms with Gasteiger partial charge in [0.1, 0.15) is 5.82 Å². The SMILES string of the molecule is CC(O)CN(C)c1nc2ccccc2cc1C=O. The van der Waals surface area contributed by atoms with E-state index in [0.717, 1.165) is 17.2 Å². The maximum atomic E-state index is 11.1. The molecular weight excluding hydrogens is 228 g/mol. The number of likely N-dealkylation sites (N-methyl/N-ethyl adjacent to an activating group) is 1. The summed E-state index contributed by atoms with van der Waals surface area (Å²) in [6, 6.07) is 9.48. The number of carbonyl (C=O) groups is 1. The molecule has 0 saturated heterocycles. The van der Waals surface area contributed by atoms with Crippen molar-refractivity contribution in [2.45, 2.75) is 13.0 Å². The number of nitrogens with zero attached hydrogens (tertiary/aromatic N) is 2. The molecule has 0 saturated carbocycles. The molecule has 0 bridgehead atoms. The highest BCUT2D eigenvalue weighted by Gasteiger charge is 2.12. The van der Waals surface area contributed by atoms with Crippen LogP contribution in [0.15, 0.2) is 30.3 Å². The van der Waals surface area contributed by atoms with Crippen LogP contribution in [-0.4, -0.2) is 36.1 Å². The largest absolute Gasteiger partial charge is 0.392 e. The standard InChI is InChI=1S/C14H16N2O2/c1-10(18)8-16(2)14-12(9-17)7-11-5-3-4-6-13(11)15-14/h3-7,9-10,18H,8H2,1-2H3. The first-order valence-corrected chi connectivity index (χ1v) is 5.86. The molecule has 0 spiro atoms. The number of aliphatic hydroxyl groups is 1. The Kier molecular flexibility index (Phi) is 3.58. The third-order valence-electron chi connectivity index (χ3n) is 2.76. The molecule has 1 N–H and O–H groups in total. The fourth-order valence-electron chi connectivity index (χ4n) is 2.00. The Balaban J connectivity index is 2.51. The Morgan fingerprint density at radius 1 is 1.44 bits per heavy atom. The molecule has 1 aromatic carbocycles. The van der Waals surface area contributed by atoms with Crippen molar-refractivity contribution in [3.8, 4) is 0 Å². The maximum absolute atomic E-state index is 11.1. The van der Waals surface area contributed by atoms with E-state index in [1.165, 1.54) is 0 Å². The minimum absolute atomic E-state index is 0.437. The third kappa shape index (κ3) is 2.49. The molecule has 0 aliphatic heterocycles. The van der Waals surface area contributed by atoms with Crippen LogP contribution in [0, 0.1) is 0 Å². The quantitative estimate of drug-likeness (QED) is 0.834. The van der Waals surface area contributed by atoms with Crippen molar-refractivity contribution in [1.82, 2.24) is 4.98 Å². The van der Waals surface area contributed by atoms with Crippen molar-refractivity contribution in [3.05, 3.63) is 35.9 Å². The summed E-state index contributed by atoms with van der Waals surface area (Å²) in [6.45, 7) is 2.14. The van der Waals surface area contributed by atoms with Gasteiger partial charge < -0.3 is 10.0 Å². The van der Waals surface area contributed by atoms with Crippen LogP contribution in [0.4, 0.5) is 5.82 Å². The van der Waals surface area contributed by atoms with Crippen molar-refractivity contribution in [2.24, 2.45) is 0 Å². The first-order valence-electron chi connectivity index (χ1n) is 5.86. The van der Waals surface area contributed by atoms with E-state index < -0.39 is 6.10 Å². The first-order chi connectivity index (χ1) is 8.61. The van der Waals surface area contributed by atoms with Crippen LogP contribution in [0.3, 0.4) is 0 Å². The second-order valence-corrected chi connectivity index (χ2v) is 4.44. The highest BCUT2D eigenvalue weighted by molar-refractivity contribution is 5.91. The second-order valence-electron chi connectivity index (χ2n) is 4.44. The first kappa shape index (κ1) is 12.5. The lowest BCUT2D eigenvalue weighted by Gasteiger charge is -2.21. The van der Waals surface area contributed by atoms with Crippen LogP contribution in [-0.2, 0) is 0 Å². The third-order valence-corrected chi connectivity index (χ3v) is 2.76. The fraction of sp³-hybridized carbons (Fsp3) is 0.286. The topological polar surface area (TPSA) is 53.4 Å². The average Bonchev–Trinajstić information content (AvgIpc) is 2.36. The van der Waals surface area contributed by atoms with E-state index in [0.29, 0.717) is 17.9 Å². The van der Waals surface area contributed by atoms with Crippen LogP contribution in [0.5, 0.6) is 0 Å². The minimum Gasteiger partial charge on any atom is -0.392 e. The van der Waals surface area contributed by atoms with Gasteiger partial charge >= 0.3 is 0 Å². The molecule has 1 atom stereocenters. The number of aliphatic hydroxyl groups excluding tert-OH is 1. The molecule has 1 aromatic heterocycles. The van der Waals surface area contributed by atoms with Crippen molar-refractivity contribution in [3.63, 3.8) is 0 Å². The molecule has 1 unspecified atom stereocenters. The number of benzene rings is 1. The lowest BCUT2D eigenvalue weighted by Crippen LogP contribution is -2.28. The number of fused-ring (bicyclic) bond motifs is 1. The molecular formula is C14H16N2O2. The van der Waals surface area contributed by atoms with Gasteiger partial charge in [-0.05, 0) is 19.1 Å². The Morgan fingerprint density at radius 2 is 2.17 bits per heavy atom. The normalized spacial score (nSPS) is 12.4. The minimum atomic E-state index is -0.470. The van der Waals surface area contributed by atoms with Gasteiger partial charge in [-0.3, -0.25) is 4.79 Å². The van der Waals surface area contributed by atoms with E-state index in [-0.39, 0.29) is 0 Å². The molecule has 0 aliphatic rings. The van der Waals surface area contributed by atoms with Crippen molar-refractivity contribution < 1.29 is 9.90 Å². The number of aldehydes is 1. The summed E-state index contributed by atoms with van der Waals surface area (Å²) in [6.07, 6.45) is 0.329.